The predicted octanol–water partition coefficient (Wildman–Crippen LogP) is 1.61. The van der Waals surface area contributed by atoms with Gasteiger partial charge in [0.2, 0.25) is 11.8 Å². The Morgan fingerprint density at radius 2 is 1.83 bits per heavy atom. The zero-order valence-corrected chi connectivity index (χ0v) is 21.0. The van der Waals surface area contributed by atoms with Crippen LogP contribution < -0.4 is 16.6 Å². The van der Waals surface area contributed by atoms with Crippen LogP contribution in [0.15, 0.2) is 46.3 Å². The first-order chi connectivity index (χ1) is 17.0. The zero-order chi connectivity index (χ0) is 25.8. The van der Waals surface area contributed by atoms with Gasteiger partial charge in [-0.15, -0.1) is 0 Å². The van der Waals surface area contributed by atoms with Gasteiger partial charge in [-0.05, 0) is 49.9 Å². The van der Waals surface area contributed by atoms with Gasteiger partial charge < -0.3 is 25.5 Å². The molecule has 2 fully saturated rings. The summed E-state index contributed by atoms with van der Waals surface area (Å²) in [6.45, 7) is 1.01. The van der Waals surface area contributed by atoms with E-state index in [1.807, 2.05) is 0 Å². The van der Waals surface area contributed by atoms with E-state index in [1.54, 1.807) is 48.6 Å². The molecule has 0 bridgehead atoms. The maximum absolute atomic E-state index is 12.8. The average molecular weight is 512 g/mol. The number of rotatable bonds is 6. The molecule has 5 rings (SSSR count). The number of carbonyl (C=O) groups is 2. The summed E-state index contributed by atoms with van der Waals surface area (Å²) in [5.41, 5.74) is 6.87. The van der Waals surface area contributed by atoms with E-state index in [2.05, 4.69) is 10.3 Å². The lowest BCUT2D eigenvalue weighted by molar-refractivity contribution is -0.143. The molecule has 11 heteroatoms. The molecule has 10 nitrogen and oxygen atoms in total. The van der Waals surface area contributed by atoms with Crippen molar-refractivity contribution in [3.8, 4) is 11.1 Å². The second-order valence-corrected chi connectivity index (χ2v) is 11.9. The Bertz CT molecular complexity index is 1540. The number of aryl methyl sites for hydroxylation is 1. The number of piperidine rings is 1. The monoisotopic (exact) mass is 511 g/mol. The molecule has 3 heterocycles. The van der Waals surface area contributed by atoms with Crippen molar-refractivity contribution in [3.63, 3.8) is 0 Å². The van der Waals surface area contributed by atoms with E-state index in [1.165, 1.54) is 4.57 Å². The molecule has 0 spiro atoms. The Labute approximate surface area is 208 Å². The number of anilines is 1. The van der Waals surface area contributed by atoms with E-state index in [0.29, 0.717) is 55.2 Å². The number of carbonyl (C=O) groups excluding carboxylic acids is 2. The molecule has 1 aromatic carbocycles. The normalized spacial score (nSPS) is 17.8. The van der Waals surface area contributed by atoms with E-state index in [9.17, 15) is 22.8 Å². The highest BCUT2D eigenvalue weighted by molar-refractivity contribution is 7.90. The molecule has 0 radical (unpaired) electrons. The Hall–Kier alpha value is -3.60. The molecule has 1 aliphatic carbocycles. The SMILES string of the molecule is Cn1cc(-c2cc(S(C)(=O)=O)ccc2NC2CCN(C(=O)C3(C(N)=O)CC3)CC2)c2cc[nH]c2c1=O. The van der Waals surface area contributed by atoms with Crippen molar-refractivity contribution in [2.75, 3.05) is 24.7 Å². The fourth-order valence-corrected chi connectivity index (χ4v) is 5.67. The first-order valence-electron chi connectivity index (χ1n) is 11.9. The van der Waals surface area contributed by atoms with Gasteiger partial charge in [0.1, 0.15) is 10.9 Å². The first kappa shape index (κ1) is 24.1. The minimum absolute atomic E-state index is 0.0369. The number of hydrogen-bond donors (Lipinski definition) is 3. The average Bonchev–Trinajstić information content (AvgIpc) is 3.51. The number of sulfone groups is 1. The summed E-state index contributed by atoms with van der Waals surface area (Å²) in [6, 6.07) is 6.79. The third-order valence-corrected chi connectivity index (χ3v) is 8.49. The fourth-order valence-electron chi connectivity index (χ4n) is 5.03. The van der Waals surface area contributed by atoms with Crippen molar-refractivity contribution in [1.82, 2.24) is 14.5 Å². The van der Waals surface area contributed by atoms with Crippen molar-refractivity contribution in [2.24, 2.45) is 18.2 Å². The summed E-state index contributed by atoms with van der Waals surface area (Å²) in [5.74, 6) is -0.719. The summed E-state index contributed by atoms with van der Waals surface area (Å²) < 4.78 is 26.1. The maximum Gasteiger partial charge on any atom is 0.274 e. The van der Waals surface area contributed by atoms with Crippen molar-refractivity contribution >= 4 is 38.2 Å². The summed E-state index contributed by atoms with van der Waals surface area (Å²) in [4.78, 5) is 42.0. The second kappa shape index (κ2) is 8.51. The van der Waals surface area contributed by atoms with Crippen molar-refractivity contribution in [2.45, 2.75) is 36.6 Å². The molecule has 36 heavy (non-hydrogen) atoms. The van der Waals surface area contributed by atoms with Crippen molar-refractivity contribution < 1.29 is 18.0 Å². The molecule has 2 aromatic heterocycles. The maximum atomic E-state index is 12.8. The summed E-state index contributed by atoms with van der Waals surface area (Å²) in [5, 5.41) is 4.23. The number of aromatic nitrogens is 2. The van der Waals surface area contributed by atoms with Gasteiger partial charge in [0.25, 0.3) is 5.56 Å². The minimum Gasteiger partial charge on any atom is -0.382 e. The van der Waals surface area contributed by atoms with Crippen LogP contribution >= 0.6 is 0 Å². The third kappa shape index (κ3) is 4.06. The highest BCUT2D eigenvalue weighted by Gasteiger charge is 2.57. The second-order valence-electron chi connectivity index (χ2n) is 9.86. The van der Waals surface area contributed by atoms with Crippen LogP contribution in [-0.2, 0) is 26.5 Å². The van der Waals surface area contributed by atoms with Crippen LogP contribution in [-0.4, -0.2) is 60.1 Å². The van der Waals surface area contributed by atoms with Gasteiger partial charge in [-0.3, -0.25) is 14.4 Å². The van der Waals surface area contributed by atoms with Crippen LogP contribution in [0.3, 0.4) is 0 Å². The van der Waals surface area contributed by atoms with Crippen LogP contribution in [0.5, 0.6) is 0 Å². The number of benzene rings is 1. The molecule has 3 aromatic rings. The molecule has 0 atom stereocenters. The standard InChI is InChI=1S/C25H29N5O5S/c1-29-14-19(17-5-10-27-21(17)22(29)31)18-13-16(36(2,34)35)3-4-20(18)28-15-6-11-30(12-7-15)24(33)25(8-9-25)23(26)32/h3-5,10,13-15,27-28H,6-9,11-12H2,1-2H3,(H2,26,32). The number of hydrogen-bond acceptors (Lipinski definition) is 6. The van der Waals surface area contributed by atoms with Gasteiger partial charge in [-0.1, -0.05) is 0 Å². The van der Waals surface area contributed by atoms with Crippen LogP contribution in [0.2, 0.25) is 0 Å². The lowest BCUT2D eigenvalue weighted by Crippen LogP contribution is -2.48. The lowest BCUT2D eigenvalue weighted by atomic mass is 9.98. The summed E-state index contributed by atoms with van der Waals surface area (Å²) in [7, 11) is -1.80. The molecule has 1 saturated carbocycles. The molecule has 190 valence electrons. The molecule has 2 amide bonds. The highest BCUT2D eigenvalue weighted by atomic mass is 32.2. The molecule has 0 unspecified atom stereocenters. The number of nitrogens with two attached hydrogens (primary N) is 1. The third-order valence-electron chi connectivity index (χ3n) is 7.38. The van der Waals surface area contributed by atoms with Gasteiger partial charge in [0, 0.05) is 67.0 Å². The number of H-pyrrole nitrogens is 1. The van der Waals surface area contributed by atoms with Crippen LogP contribution in [0.1, 0.15) is 25.7 Å². The first-order valence-corrected chi connectivity index (χ1v) is 13.8. The van der Waals surface area contributed by atoms with Crippen LogP contribution in [0.25, 0.3) is 22.0 Å². The number of nitrogens with zero attached hydrogens (tertiary/aromatic N) is 2. The fraction of sp³-hybridized carbons (Fsp3) is 0.400. The van der Waals surface area contributed by atoms with Gasteiger partial charge in [-0.25, -0.2) is 8.42 Å². The summed E-state index contributed by atoms with van der Waals surface area (Å²) >= 11 is 0. The highest BCUT2D eigenvalue weighted by Crippen LogP contribution is 2.47. The molecule has 1 saturated heterocycles. The van der Waals surface area contributed by atoms with Crippen LogP contribution in [0, 0.1) is 5.41 Å². The number of likely N-dealkylation sites (tertiary alicyclic amines) is 1. The van der Waals surface area contributed by atoms with Gasteiger partial charge in [-0.2, -0.15) is 0 Å². The summed E-state index contributed by atoms with van der Waals surface area (Å²) in [6.07, 6.45) is 6.93. The largest absolute Gasteiger partial charge is 0.382 e. The lowest BCUT2D eigenvalue weighted by Gasteiger charge is -2.35. The molecule has 4 N–H and O–H groups in total. The van der Waals surface area contributed by atoms with Gasteiger partial charge in [0.05, 0.1) is 4.90 Å². The van der Waals surface area contributed by atoms with E-state index in [-0.39, 0.29) is 22.4 Å². The number of amides is 2. The van der Waals surface area contributed by atoms with Crippen molar-refractivity contribution in [1.29, 1.82) is 0 Å². The Balaban J connectivity index is 1.45. The van der Waals surface area contributed by atoms with Crippen molar-refractivity contribution in [3.05, 3.63) is 47.0 Å². The van der Waals surface area contributed by atoms with E-state index in [0.717, 1.165) is 17.5 Å². The minimum atomic E-state index is -3.46. The Kier molecular flexibility index (Phi) is 5.70. The quantitative estimate of drug-likeness (QED) is 0.428. The number of nitrogens with one attached hydrogen (secondary N) is 2. The Morgan fingerprint density at radius 1 is 1.14 bits per heavy atom. The van der Waals surface area contributed by atoms with Gasteiger partial charge >= 0.3 is 0 Å². The number of aromatic amines is 1. The smallest absolute Gasteiger partial charge is 0.274 e. The number of primary amides is 1. The molecule has 2 aliphatic rings. The predicted molar refractivity (Wildman–Crippen MR) is 136 cm³/mol. The van der Waals surface area contributed by atoms with E-state index >= 15 is 0 Å². The van der Waals surface area contributed by atoms with E-state index < -0.39 is 21.2 Å². The van der Waals surface area contributed by atoms with Crippen LogP contribution in [0.4, 0.5) is 5.69 Å². The Morgan fingerprint density at radius 3 is 2.44 bits per heavy atom. The van der Waals surface area contributed by atoms with Gasteiger partial charge in [0.15, 0.2) is 9.84 Å². The molecule has 1 aliphatic heterocycles. The zero-order valence-electron chi connectivity index (χ0n) is 20.2. The molecular weight excluding hydrogens is 482 g/mol. The number of pyridine rings is 1. The molecular formula is C25H29N5O5S. The number of fused-ring (bicyclic) bond motifs is 1. The van der Waals surface area contributed by atoms with E-state index in [4.69, 9.17) is 5.73 Å². The topological polar surface area (TPSA) is 147 Å².